The molecular weight excluding hydrogens is 290 g/mol. The van der Waals surface area contributed by atoms with Gasteiger partial charge in [0.05, 0.1) is 16.1 Å². The van der Waals surface area contributed by atoms with Gasteiger partial charge in [-0.2, -0.15) is 4.72 Å². The van der Waals surface area contributed by atoms with Crippen molar-refractivity contribution in [2.45, 2.75) is 24.3 Å². The fourth-order valence-corrected chi connectivity index (χ4v) is 3.13. The lowest BCUT2D eigenvalue weighted by molar-refractivity contribution is 0.0696. The standard InChI is InChI=1S/C12H12ClNO4S/c1-4-12(2,3)14-19(17,18)10-7-8(11(15)16)5-6-9(10)13/h1,5-7,14H,2-3H3,(H,15,16). The van der Waals surface area contributed by atoms with Gasteiger partial charge in [0.15, 0.2) is 0 Å². The zero-order valence-electron chi connectivity index (χ0n) is 10.3. The van der Waals surface area contributed by atoms with Crippen molar-refractivity contribution >= 4 is 27.6 Å². The van der Waals surface area contributed by atoms with Gasteiger partial charge in [-0.1, -0.05) is 17.5 Å². The van der Waals surface area contributed by atoms with Crippen LogP contribution in [0.1, 0.15) is 24.2 Å². The molecule has 0 spiro atoms. The first kappa shape index (κ1) is 15.5. The van der Waals surface area contributed by atoms with Crippen molar-refractivity contribution in [2.75, 3.05) is 0 Å². The van der Waals surface area contributed by atoms with Gasteiger partial charge in [-0.15, -0.1) is 6.42 Å². The van der Waals surface area contributed by atoms with E-state index in [1.54, 1.807) is 0 Å². The highest BCUT2D eigenvalue weighted by Crippen LogP contribution is 2.23. The SMILES string of the molecule is C#CC(C)(C)NS(=O)(=O)c1cc(C(=O)O)ccc1Cl. The maximum atomic E-state index is 12.1. The number of benzene rings is 1. The summed E-state index contributed by atoms with van der Waals surface area (Å²) in [5, 5.41) is 8.78. The van der Waals surface area contributed by atoms with Gasteiger partial charge in [0.25, 0.3) is 0 Å². The number of hydrogen-bond acceptors (Lipinski definition) is 3. The lowest BCUT2D eigenvalue weighted by atomic mass is 10.1. The van der Waals surface area contributed by atoms with Gasteiger partial charge in [0.1, 0.15) is 4.90 Å². The fraction of sp³-hybridized carbons (Fsp3) is 0.250. The number of rotatable bonds is 4. The van der Waals surface area contributed by atoms with Crippen molar-refractivity contribution in [3.63, 3.8) is 0 Å². The Bertz CT molecular complexity index is 659. The molecule has 102 valence electrons. The number of aromatic carboxylic acids is 1. The van der Waals surface area contributed by atoms with E-state index in [1.165, 1.54) is 26.0 Å². The maximum Gasteiger partial charge on any atom is 0.335 e. The Labute approximate surface area is 116 Å². The molecule has 0 amide bonds. The number of terminal acetylenes is 1. The third-order valence-electron chi connectivity index (χ3n) is 2.22. The Morgan fingerprint density at radius 2 is 2.05 bits per heavy atom. The van der Waals surface area contributed by atoms with Crippen LogP contribution in [-0.4, -0.2) is 25.0 Å². The van der Waals surface area contributed by atoms with E-state index in [0.29, 0.717) is 0 Å². The van der Waals surface area contributed by atoms with Crippen LogP contribution in [-0.2, 0) is 10.0 Å². The first-order valence-corrected chi connectivity index (χ1v) is 7.00. The second-order valence-corrected chi connectivity index (χ2v) is 6.38. The Balaban J connectivity index is 3.33. The predicted molar refractivity (Wildman–Crippen MR) is 71.6 cm³/mol. The lowest BCUT2D eigenvalue weighted by Gasteiger charge is -2.20. The van der Waals surface area contributed by atoms with Gasteiger partial charge in [-0.25, -0.2) is 13.2 Å². The highest BCUT2D eigenvalue weighted by Gasteiger charge is 2.26. The summed E-state index contributed by atoms with van der Waals surface area (Å²) >= 11 is 5.79. The molecule has 0 fully saturated rings. The van der Waals surface area contributed by atoms with Crippen LogP contribution in [0.2, 0.25) is 5.02 Å². The van der Waals surface area contributed by atoms with Crippen LogP contribution in [0.15, 0.2) is 23.1 Å². The van der Waals surface area contributed by atoms with Gasteiger partial charge < -0.3 is 5.11 Å². The van der Waals surface area contributed by atoms with Crippen molar-refractivity contribution in [1.82, 2.24) is 4.72 Å². The van der Waals surface area contributed by atoms with Crippen LogP contribution < -0.4 is 4.72 Å². The van der Waals surface area contributed by atoms with Crippen molar-refractivity contribution in [3.05, 3.63) is 28.8 Å². The molecule has 0 heterocycles. The van der Waals surface area contributed by atoms with Gasteiger partial charge >= 0.3 is 5.97 Å². The minimum atomic E-state index is -4.00. The van der Waals surface area contributed by atoms with E-state index in [9.17, 15) is 13.2 Å². The number of nitrogens with one attached hydrogen (secondary N) is 1. The summed E-state index contributed by atoms with van der Waals surface area (Å²) < 4.78 is 26.5. The van der Waals surface area contributed by atoms with E-state index in [2.05, 4.69) is 10.6 Å². The summed E-state index contributed by atoms with van der Waals surface area (Å²) in [5.41, 5.74) is -1.29. The van der Waals surface area contributed by atoms with Crippen molar-refractivity contribution < 1.29 is 18.3 Å². The average Bonchev–Trinajstić information content (AvgIpc) is 2.27. The van der Waals surface area contributed by atoms with Crippen LogP contribution in [0.3, 0.4) is 0 Å². The zero-order chi connectivity index (χ0) is 14.8. The molecule has 7 heteroatoms. The lowest BCUT2D eigenvalue weighted by Crippen LogP contribution is -2.42. The molecule has 1 aromatic rings. The molecular formula is C12H12ClNO4S. The minimum absolute atomic E-state index is 0.0784. The Morgan fingerprint density at radius 3 is 2.53 bits per heavy atom. The molecule has 0 aliphatic carbocycles. The first-order valence-electron chi connectivity index (χ1n) is 5.14. The van der Waals surface area contributed by atoms with E-state index < -0.39 is 21.5 Å². The maximum absolute atomic E-state index is 12.1. The second kappa shape index (κ2) is 5.21. The smallest absolute Gasteiger partial charge is 0.335 e. The van der Waals surface area contributed by atoms with Gasteiger partial charge in [-0.3, -0.25) is 0 Å². The molecule has 5 nitrogen and oxygen atoms in total. The monoisotopic (exact) mass is 301 g/mol. The van der Waals surface area contributed by atoms with Crippen molar-refractivity contribution in [1.29, 1.82) is 0 Å². The Hall–Kier alpha value is -1.55. The van der Waals surface area contributed by atoms with Crippen molar-refractivity contribution in [2.24, 2.45) is 0 Å². The van der Waals surface area contributed by atoms with Crippen LogP contribution in [0.25, 0.3) is 0 Å². The third kappa shape index (κ3) is 3.70. The van der Waals surface area contributed by atoms with Crippen molar-refractivity contribution in [3.8, 4) is 12.3 Å². The summed E-state index contributed by atoms with van der Waals surface area (Å²) in [6.45, 7) is 3.00. The topological polar surface area (TPSA) is 83.5 Å². The van der Waals surface area contributed by atoms with E-state index >= 15 is 0 Å². The number of carbonyl (C=O) groups is 1. The molecule has 0 aromatic heterocycles. The molecule has 0 unspecified atom stereocenters. The largest absolute Gasteiger partial charge is 0.478 e. The molecule has 0 atom stereocenters. The highest BCUT2D eigenvalue weighted by atomic mass is 35.5. The Kier molecular flexibility index (Phi) is 4.25. The number of carboxylic acid groups (broad SMARTS) is 1. The quantitative estimate of drug-likeness (QED) is 0.830. The van der Waals surface area contributed by atoms with Crippen LogP contribution in [0, 0.1) is 12.3 Å². The molecule has 0 aliphatic rings. The second-order valence-electron chi connectivity index (χ2n) is 4.33. The first-order chi connectivity index (χ1) is 8.59. The number of carboxylic acids is 1. The van der Waals surface area contributed by atoms with Crippen LogP contribution in [0.4, 0.5) is 0 Å². The predicted octanol–water partition coefficient (Wildman–Crippen LogP) is 1.73. The van der Waals surface area contributed by atoms with E-state index in [1.807, 2.05) is 0 Å². The normalized spacial score (nSPS) is 11.9. The van der Waals surface area contributed by atoms with Gasteiger partial charge in [-0.05, 0) is 32.0 Å². The summed E-state index contributed by atoms with van der Waals surface area (Å²) in [7, 11) is -4.00. The summed E-state index contributed by atoms with van der Waals surface area (Å²) in [4.78, 5) is 10.5. The van der Waals surface area contributed by atoms with Gasteiger partial charge in [0, 0.05) is 0 Å². The molecule has 1 rings (SSSR count). The molecule has 0 aliphatic heterocycles. The summed E-state index contributed by atoms with van der Waals surface area (Å²) in [5.74, 6) is 1.03. The summed E-state index contributed by atoms with van der Waals surface area (Å²) in [6.07, 6.45) is 5.20. The highest BCUT2D eigenvalue weighted by molar-refractivity contribution is 7.89. The van der Waals surface area contributed by atoms with Crippen LogP contribution in [0.5, 0.6) is 0 Å². The fourth-order valence-electron chi connectivity index (χ4n) is 1.26. The van der Waals surface area contributed by atoms with E-state index in [4.69, 9.17) is 23.1 Å². The molecule has 1 aromatic carbocycles. The molecule has 0 saturated heterocycles. The number of sulfonamides is 1. The molecule has 0 saturated carbocycles. The minimum Gasteiger partial charge on any atom is -0.478 e. The molecule has 0 radical (unpaired) electrons. The molecule has 19 heavy (non-hydrogen) atoms. The van der Waals surface area contributed by atoms with E-state index in [0.717, 1.165) is 6.07 Å². The molecule has 2 N–H and O–H groups in total. The third-order valence-corrected chi connectivity index (χ3v) is 4.36. The molecule has 0 bridgehead atoms. The number of halogens is 1. The van der Waals surface area contributed by atoms with E-state index in [-0.39, 0.29) is 15.5 Å². The Morgan fingerprint density at radius 1 is 1.47 bits per heavy atom. The average molecular weight is 302 g/mol. The zero-order valence-corrected chi connectivity index (χ0v) is 11.8. The number of hydrogen-bond donors (Lipinski definition) is 2. The van der Waals surface area contributed by atoms with Gasteiger partial charge in [0.2, 0.25) is 10.0 Å². The summed E-state index contributed by atoms with van der Waals surface area (Å²) in [6, 6.07) is 3.41. The van der Waals surface area contributed by atoms with Crippen LogP contribution >= 0.6 is 11.6 Å².